The maximum Gasteiger partial charge on any atom is 0.253 e. The highest BCUT2D eigenvalue weighted by atomic mass is 32.1. The molecule has 9 nitrogen and oxygen atoms in total. The lowest BCUT2D eigenvalue weighted by Crippen LogP contribution is -2.32. The predicted molar refractivity (Wildman–Crippen MR) is 171 cm³/mol. The summed E-state index contributed by atoms with van der Waals surface area (Å²) in [6.45, 7) is 17.0. The van der Waals surface area contributed by atoms with Gasteiger partial charge in [0.15, 0.2) is 5.13 Å². The average molecular weight is 600 g/mol. The molecule has 0 aliphatic carbocycles. The third-order valence-electron chi connectivity index (χ3n) is 6.80. The normalized spacial score (nSPS) is 16.2. The number of carbonyl (C=O) groups excluding carboxylic acids is 2. The summed E-state index contributed by atoms with van der Waals surface area (Å²) < 4.78 is 10.8. The Morgan fingerprint density at radius 3 is 2.48 bits per heavy atom. The molecule has 1 aliphatic rings. The van der Waals surface area contributed by atoms with Crippen molar-refractivity contribution in [3.63, 3.8) is 0 Å². The first-order chi connectivity index (χ1) is 20.1. The van der Waals surface area contributed by atoms with E-state index < -0.39 is 0 Å². The van der Waals surface area contributed by atoms with Crippen molar-refractivity contribution < 1.29 is 19.1 Å². The average Bonchev–Trinajstić information content (AvgIpc) is 3.76. The minimum atomic E-state index is -0.336. The molecule has 3 N–H and O–H groups in total. The van der Waals surface area contributed by atoms with Crippen molar-refractivity contribution in [3.8, 4) is 11.4 Å². The molecule has 10 heteroatoms. The molecule has 0 aromatic carbocycles. The molecule has 3 aromatic rings. The Kier molecular flexibility index (Phi) is 16.0. The van der Waals surface area contributed by atoms with Crippen molar-refractivity contribution in [3.05, 3.63) is 53.3 Å². The number of aromatic amines is 1. The molecule has 3 aromatic heterocycles. The van der Waals surface area contributed by atoms with E-state index in [4.69, 9.17) is 9.47 Å². The fraction of sp³-hybridized carbons (Fsp3) is 0.562. The van der Waals surface area contributed by atoms with Crippen LogP contribution in [0.2, 0.25) is 0 Å². The van der Waals surface area contributed by atoms with Crippen LogP contribution in [0.5, 0.6) is 0 Å². The van der Waals surface area contributed by atoms with Gasteiger partial charge in [0.25, 0.3) is 5.91 Å². The number of nitrogens with one attached hydrogen (secondary N) is 3. The van der Waals surface area contributed by atoms with Gasteiger partial charge in [-0.2, -0.15) is 0 Å². The maximum absolute atomic E-state index is 11.9. The molecule has 0 spiro atoms. The topological polar surface area (TPSA) is 118 Å². The van der Waals surface area contributed by atoms with Gasteiger partial charge < -0.3 is 25.1 Å². The van der Waals surface area contributed by atoms with Gasteiger partial charge in [-0.25, -0.2) is 4.98 Å². The van der Waals surface area contributed by atoms with Crippen LogP contribution in [0.25, 0.3) is 11.4 Å². The molecule has 0 saturated carbocycles. The van der Waals surface area contributed by atoms with Crippen molar-refractivity contribution in [2.45, 2.75) is 86.4 Å². The summed E-state index contributed by atoms with van der Waals surface area (Å²) in [6.07, 6.45) is 8.89. The Morgan fingerprint density at radius 1 is 1.12 bits per heavy atom. The molecule has 0 radical (unpaired) electrons. The monoisotopic (exact) mass is 599 g/mol. The number of hydrogen-bond donors (Lipinski definition) is 3. The standard InChI is InChI=1S/C16H15N5O2S.C11H24O.C5H10O/c1-10-3-2-4-12(19-10)13-9-24-16(20-13)21-14(22)8-18-15(23)11-5-6-17-7-11;1-6-9(3)8-11(5)12-10(4)7-2;1-5-2-3-6-4-5/h2-7,9,17H,8H2,1H3,(H,18,23)(H,20,21,22);9-11H,6-8H2,1-5H3;5H,2-4H2,1H3. The highest BCUT2D eigenvalue weighted by molar-refractivity contribution is 7.14. The lowest BCUT2D eigenvalue weighted by molar-refractivity contribution is -0.115. The molecule has 4 rings (SSSR count). The summed E-state index contributed by atoms with van der Waals surface area (Å²) in [5.41, 5.74) is 2.84. The number of thiazole rings is 1. The molecule has 4 atom stereocenters. The van der Waals surface area contributed by atoms with Crippen LogP contribution in [0, 0.1) is 18.8 Å². The van der Waals surface area contributed by atoms with Gasteiger partial charge in [-0.05, 0) is 70.1 Å². The summed E-state index contributed by atoms with van der Waals surface area (Å²) >= 11 is 1.31. The first kappa shape index (κ1) is 35.1. The lowest BCUT2D eigenvalue weighted by atomic mass is 10.0. The van der Waals surface area contributed by atoms with Crippen LogP contribution in [-0.2, 0) is 14.3 Å². The summed E-state index contributed by atoms with van der Waals surface area (Å²) in [5.74, 6) is 0.973. The number of anilines is 1. The van der Waals surface area contributed by atoms with Gasteiger partial charge in [0, 0.05) is 36.7 Å². The zero-order chi connectivity index (χ0) is 30.9. The molecule has 42 heavy (non-hydrogen) atoms. The molecular formula is C32H49N5O4S. The number of aromatic nitrogens is 3. The zero-order valence-corrected chi connectivity index (χ0v) is 27.1. The van der Waals surface area contributed by atoms with Gasteiger partial charge in [0.2, 0.25) is 5.91 Å². The van der Waals surface area contributed by atoms with Gasteiger partial charge in [0.1, 0.15) is 5.69 Å². The van der Waals surface area contributed by atoms with E-state index in [1.807, 2.05) is 30.5 Å². The quantitative estimate of drug-likeness (QED) is 0.221. The van der Waals surface area contributed by atoms with Gasteiger partial charge in [0.05, 0.1) is 30.0 Å². The van der Waals surface area contributed by atoms with E-state index in [9.17, 15) is 9.59 Å². The second-order valence-corrected chi connectivity index (χ2v) is 11.8. The second-order valence-electron chi connectivity index (χ2n) is 10.9. The number of ether oxygens (including phenoxy) is 2. The number of H-pyrrole nitrogens is 1. The Hall–Kier alpha value is -3.08. The smallest absolute Gasteiger partial charge is 0.253 e. The minimum Gasteiger partial charge on any atom is -0.381 e. The Morgan fingerprint density at radius 2 is 1.90 bits per heavy atom. The predicted octanol–water partition coefficient (Wildman–Crippen LogP) is 6.88. The molecule has 1 aliphatic heterocycles. The molecule has 0 bridgehead atoms. The van der Waals surface area contributed by atoms with E-state index in [2.05, 4.69) is 67.1 Å². The van der Waals surface area contributed by atoms with E-state index in [1.165, 1.54) is 30.6 Å². The number of aryl methyl sites for hydroxylation is 1. The highest BCUT2D eigenvalue weighted by Gasteiger charge is 2.12. The minimum absolute atomic E-state index is 0.123. The van der Waals surface area contributed by atoms with Crippen LogP contribution >= 0.6 is 11.3 Å². The lowest BCUT2D eigenvalue weighted by Gasteiger charge is -2.20. The number of rotatable bonds is 11. The van der Waals surface area contributed by atoms with Crippen molar-refractivity contribution in [1.82, 2.24) is 20.3 Å². The fourth-order valence-corrected chi connectivity index (χ4v) is 4.68. The van der Waals surface area contributed by atoms with E-state index in [-0.39, 0.29) is 18.4 Å². The van der Waals surface area contributed by atoms with Gasteiger partial charge >= 0.3 is 0 Å². The molecule has 4 unspecified atom stereocenters. The highest BCUT2D eigenvalue weighted by Crippen LogP contribution is 2.23. The SMILES string of the molecule is CC1CCOC1.CCC(C)CC(C)OC(C)CC.Cc1cccc(-c2csc(NC(=O)CNC(=O)c3cc[nH]c3)n2)n1. The second kappa shape index (κ2) is 19.2. The number of carbonyl (C=O) groups is 2. The summed E-state index contributed by atoms with van der Waals surface area (Å²) in [7, 11) is 0. The molecular weight excluding hydrogens is 550 g/mol. The Balaban J connectivity index is 0.000000283. The van der Waals surface area contributed by atoms with Crippen LogP contribution in [0.3, 0.4) is 0 Å². The first-order valence-corrected chi connectivity index (χ1v) is 15.8. The first-order valence-electron chi connectivity index (χ1n) is 14.9. The van der Waals surface area contributed by atoms with Crippen LogP contribution in [0.4, 0.5) is 5.13 Å². The van der Waals surface area contributed by atoms with Crippen LogP contribution in [0.15, 0.2) is 42.0 Å². The van der Waals surface area contributed by atoms with Crippen molar-refractivity contribution in [1.29, 1.82) is 0 Å². The third-order valence-corrected chi connectivity index (χ3v) is 7.56. The van der Waals surface area contributed by atoms with Gasteiger partial charge in [-0.15, -0.1) is 11.3 Å². The molecule has 1 saturated heterocycles. The van der Waals surface area contributed by atoms with Crippen LogP contribution in [-0.4, -0.2) is 58.7 Å². The summed E-state index contributed by atoms with van der Waals surface area (Å²) in [5, 5.41) is 7.51. The molecule has 232 valence electrons. The molecule has 4 heterocycles. The van der Waals surface area contributed by atoms with Crippen LogP contribution < -0.4 is 10.6 Å². The maximum atomic E-state index is 11.9. The van der Waals surface area contributed by atoms with Gasteiger partial charge in [-0.1, -0.05) is 40.2 Å². The third kappa shape index (κ3) is 13.7. The number of nitrogens with zero attached hydrogens (tertiary/aromatic N) is 2. The zero-order valence-electron chi connectivity index (χ0n) is 26.2. The fourth-order valence-electron chi connectivity index (χ4n) is 3.96. The number of hydrogen-bond acceptors (Lipinski definition) is 7. The summed E-state index contributed by atoms with van der Waals surface area (Å²) in [6, 6.07) is 7.32. The van der Waals surface area contributed by atoms with Crippen molar-refractivity contribution >= 4 is 28.3 Å². The Bertz CT molecular complexity index is 1170. The number of amides is 2. The number of pyridine rings is 1. The molecule has 1 fully saturated rings. The van der Waals surface area contributed by atoms with E-state index in [0.717, 1.165) is 42.9 Å². The van der Waals surface area contributed by atoms with Crippen LogP contribution in [0.1, 0.15) is 83.3 Å². The summed E-state index contributed by atoms with van der Waals surface area (Å²) in [4.78, 5) is 35.2. The Labute approximate surface area is 255 Å². The van der Waals surface area contributed by atoms with E-state index in [0.29, 0.717) is 28.6 Å². The van der Waals surface area contributed by atoms with E-state index >= 15 is 0 Å². The van der Waals surface area contributed by atoms with Gasteiger partial charge in [-0.3, -0.25) is 14.6 Å². The van der Waals surface area contributed by atoms with Crippen molar-refractivity contribution in [2.24, 2.45) is 11.8 Å². The molecule has 2 amide bonds. The van der Waals surface area contributed by atoms with E-state index in [1.54, 1.807) is 18.5 Å². The largest absolute Gasteiger partial charge is 0.381 e. The van der Waals surface area contributed by atoms with Crippen molar-refractivity contribution in [2.75, 3.05) is 25.1 Å².